The van der Waals surface area contributed by atoms with Crippen LogP contribution in [0.2, 0.25) is 0 Å². The molecule has 4 heteroatoms. The molecule has 20 aliphatic carbocycles. The van der Waals surface area contributed by atoms with Crippen LogP contribution in [0.3, 0.4) is 0 Å². The molecule has 0 amide bonds. The molecule has 0 aromatic heterocycles. The van der Waals surface area contributed by atoms with E-state index in [-0.39, 0.29) is 46.1 Å². The maximum Gasteiger partial charge on any atom is 0.0594 e. The zero-order valence-electron chi connectivity index (χ0n) is 88.6. The Morgan fingerprint density at radius 2 is 0.540 bits per heavy atom. The van der Waals surface area contributed by atoms with Gasteiger partial charge in [0.1, 0.15) is 0 Å². The third-order valence-electron chi connectivity index (χ3n) is 53.5. The summed E-state index contributed by atoms with van der Waals surface area (Å²) in [7, 11) is 0. The highest BCUT2D eigenvalue weighted by atomic mass is 16.3. The highest BCUT2D eigenvalue weighted by molar-refractivity contribution is 5.36. The second kappa shape index (κ2) is 31.8. The second-order valence-corrected chi connectivity index (χ2v) is 58.9. The molecule has 0 aromatic rings. The predicted molar refractivity (Wildman–Crippen MR) is 532 cm³/mol. The largest absolute Gasteiger partial charge is 0.393 e. The summed E-state index contributed by atoms with van der Waals surface area (Å²) >= 11 is 0. The van der Waals surface area contributed by atoms with Crippen molar-refractivity contribution >= 4 is 0 Å². The number of hydrogen-bond donors (Lipinski definition) is 4. The first kappa shape index (κ1) is 96.7. The molecule has 4 N–H and O–H groups in total. The van der Waals surface area contributed by atoms with Gasteiger partial charge in [-0.2, -0.15) is 0 Å². The van der Waals surface area contributed by atoms with Crippen molar-refractivity contribution in [1.82, 2.24) is 0 Å². The summed E-state index contributed by atoms with van der Waals surface area (Å²) in [5.74, 6) is 15.3. The lowest BCUT2D eigenvalue weighted by molar-refractivity contribution is -0.161. The summed E-state index contributed by atoms with van der Waals surface area (Å²) < 4.78 is 0. The molecule has 0 aliphatic heterocycles. The van der Waals surface area contributed by atoms with Gasteiger partial charge < -0.3 is 20.4 Å². The normalized spacial score (nSPS) is 52.4. The van der Waals surface area contributed by atoms with Crippen molar-refractivity contribution in [2.75, 3.05) is 0 Å². The lowest BCUT2D eigenvalue weighted by Gasteiger charge is -2.63. The van der Waals surface area contributed by atoms with Gasteiger partial charge in [0.2, 0.25) is 0 Å². The van der Waals surface area contributed by atoms with Gasteiger partial charge in [0.15, 0.2) is 0 Å². The van der Waals surface area contributed by atoms with Crippen LogP contribution in [0.5, 0.6) is 0 Å². The number of allylic oxidation sites excluding steroid dienone is 5. The van der Waals surface area contributed by atoms with Gasteiger partial charge >= 0.3 is 0 Å². The fraction of sp³-hybridized carbons (Fsp3) is 0.951. The summed E-state index contributed by atoms with van der Waals surface area (Å²) in [6, 6.07) is 0. The molecule has 0 heterocycles. The summed E-state index contributed by atoms with van der Waals surface area (Å²) in [6.45, 7) is 76.5. The molecule has 0 radical (unpaired) electrons. The summed E-state index contributed by atoms with van der Waals surface area (Å²) in [5.41, 5.74) is 15.6. The number of aliphatic hydroxyl groups excluding tert-OH is 4. The van der Waals surface area contributed by atoms with Crippen molar-refractivity contribution in [3.8, 4) is 0 Å². The van der Waals surface area contributed by atoms with Gasteiger partial charge in [-0.3, -0.25) is 0 Å². The predicted octanol–water partition coefficient (Wildman–Crippen LogP) is 33.4. The molecule has 36 atom stereocenters. The van der Waals surface area contributed by atoms with Crippen molar-refractivity contribution in [2.24, 2.45) is 215 Å². The van der Waals surface area contributed by atoms with Crippen LogP contribution in [-0.4, -0.2) is 44.8 Å². The molecule has 0 aromatic carbocycles. The molecule has 20 saturated carbocycles. The number of aliphatic hydroxyl groups is 4. The highest BCUT2D eigenvalue weighted by Crippen LogP contribution is 2.94. The Bertz CT molecular complexity index is 4080. The van der Waals surface area contributed by atoms with E-state index in [0.29, 0.717) is 92.6 Å². The van der Waals surface area contributed by atoms with Gasteiger partial charge in [-0.1, -0.05) is 220 Å². The Hall–Kier alpha value is -0.940. The lowest BCUT2D eigenvalue weighted by atomic mass is 9.41. The standard InChI is InChI=1S/2C31H52O.C30H52O.C30H50O/c2*1-20(2)21(3)9-10-22(4)23-13-15-29(8)25-12-11-24-27(5,6)26(32)14-16-30(24)19-31(25,30)18-17-28(23,29)7;2*1-20(2)9-8-10-21(3)22-13-15-28(7)24-12-11-23-26(4,5)25(31)14-16-29(23)19-30(24,29)18-17-27(22,28)6/h22-26,32H,9-19H2,1-8H3;20,22-26,32H,3,9-19H2,1-2,4-8H3;20-25,31H,8-19H2,1-7H3;9,21-25,31H,8,10-19H2,1-7H3. The molecule has 8 spiro atoms. The van der Waals surface area contributed by atoms with Crippen LogP contribution >= 0.6 is 0 Å². The average Bonchev–Trinajstić information content (AvgIpc) is 1.48. The van der Waals surface area contributed by atoms with Crippen molar-refractivity contribution in [3.63, 3.8) is 0 Å². The maximum atomic E-state index is 10.9. The summed E-state index contributed by atoms with van der Waals surface area (Å²) in [6.07, 6.45) is 64.6. The molecule has 20 aliphatic rings. The van der Waals surface area contributed by atoms with Gasteiger partial charge in [-0.25, -0.2) is 0 Å². The van der Waals surface area contributed by atoms with Crippen LogP contribution in [0.4, 0.5) is 0 Å². The van der Waals surface area contributed by atoms with Gasteiger partial charge in [0.25, 0.3) is 0 Å². The minimum Gasteiger partial charge on any atom is -0.393 e. The Kier molecular flexibility index (Phi) is 24.4. The molecular formula is C122H206O4. The van der Waals surface area contributed by atoms with Crippen molar-refractivity contribution in [1.29, 1.82) is 0 Å². The molecule has 36 unspecified atom stereocenters. The van der Waals surface area contributed by atoms with E-state index < -0.39 is 0 Å². The van der Waals surface area contributed by atoms with Crippen LogP contribution in [0.25, 0.3) is 0 Å². The van der Waals surface area contributed by atoms with Gasteiger partial charge in [-0.15, -0.1) is 0 Å². The Balaban J connectivity index is 0.000000119. The van der Waals surface area contributed by atoms with Crippen LogP contribution in [0, 0.1) is 215 Å². The Morgan fingerprint density at radius 1 is 0.286 bits per heavy atom. The summed E-state index contributed by atoms with van der Waals surface area (Å²) in [5, 5.41) is 43.4. The van der Waals surface area contributed by atoms with Gasteiger partial charge in [0.05, 0.1) is 24.4 Å². The van der Waals surface area contributed by atoms with Crippen molar-refractivity contribution in [3.05, 3.63) is 34.9 Å². The molecule has 0 saturated heterocycles. The van der Waals surface area contributed by atoms with E-state index in [1.165, 1.54) is 280 Å². The third kappa shape index (κ3) is 13.2. The number of hydrogen-bond acceptors (Lipinski definition) is 4. The first-order chi connectivity index (χ1) is 58.6. The van der Waals surface area contributed by atoms with Gasteiger partial charge in [-0.05, 0) is 519 Å². The van der Waals surface area contributed by atoms with Crippen molar-refractivity contribution in [2.45, 2.75) is 514 Å². The fourth-order valence-electron chi connectivity index (χ4n) is 44.9. The van der Waals surface area contributed by atoms with Crippen molar-refractivity contribution < 1.29 is 20.4 Å². The van der Waals surface area contributed by atoms with Crippen LogP contribution in [0.1, 0.15) is 490 Å². The Morgan fingerprint density at radius 3 is 0.802 bits per heavy atom. The molecule has 126 heavy (non-hydrogen) atoms. The van der Waals surface area contributed by atoms with E-state index >= 15 is 0 Å². The van der Waals surface area contributed by atoms with E-state index in [1.807, 2.05) is 0 Å². The molecule has 718 valence electrons. The summed E-state index contributed by atoms with van der Waals surface area (Å²) in [4.78, 5) is 0. The van der Waals surface area contributed by atoms with E-state index in [1.54, 1.807) is 5.57 Å². The van der Waals surface area contributed by atoms with E-state index in [4.69, 9.17) is 0 Å². The number of rotatable bonds is 18. The third-order valence-corrected chi connectivity index (χ3v) is 53.5. The molecule has 20 rings (SSSR count). The second-order valence-electron chi connectivity index (χ2n) is 58.9. The molecule has 20 fully saturated rings. The van der Waals surface area contributed by atoms with Crippen LogP contribution in [0.15, 0.2) is 34.9 Å². The average molecular weight is 1740 g/mol. The molecular weight excluding hydrogens is 1530 g/mol. The first-order valence-electron chi connectivity index (χ1n) is 56.3. The molecule has 4 nitrogen and oxygen atoms in total. The minimum atomic E-state index is -0.0888. The quantitative estimate of drug-likeness (QED) is 0.103. The fourth-order valence-corrected chi connectivity index (χ4v) is 44.9. The SMILES string of the molecule is C=C(CCC(C)C1CCC2(C)C3CCC4C(C)(C)C(O)CCC45CC35CCC12C)C(C)C.CC(C)=C(C)CCC(C)C1CCC2(C)C3CCC4C(C)(C)C(O)CCC45CC35CCC12C.CC(C)=CCCC(C)C1CCC2(C)C3CCC4C(C)(C)C(O)CCC45CC35CCC12C.CC(C)CCCC(C)C1CCC2(C)C3CCC4C(C)(C)C(O)CCC45CC35CCC12C. The maximum absolute atomic E-state index is 10.9. The lowest BCUT2D eigenvalue weighted by Crippen LogP contribution is -2.57. The minimum absolute atomic E-state index is 0.0793. The Labute approximate surface area is 779 Å². The monoisotopic (exact) mass is 1740 g/mol. The topological polar surface area (TPSA) is 80.9 Å². The smallest absolute Gasteiger partial charge is 0.0594 e. The number of fused-ring (bicyclic) bond motifs is 8. The molecule has 0 bridgehead atoms. The zero-order chi connectivity index (χ0) is 91.5. The van der Waals surface area contributed by atoms with Crippen LogP contribution in [-0.2, 0) is 0 Å². The van der Waals surface area contributed by atoms with E-state index in [9.17, 15) is 20.4 Å². The zero-order valence-corrected chi connectivity index (χ0v) is 88.6. The van der Waals surface area contributed by atoms with E-state index in [2.05, 4.69) is 213 Å². The van der Waals surface area contributed by atoms with Crippen LogP contribution < -0.4 is 0 Å². The van der Waals surface area contributed by atoms with E-state index in [0.717, 1.165) is 126 Å². The highest BCUT2D eigenvalue weighted by Gasteiger charge is 2.87. The van der Waals surface area contributed by atoms with Gasteiger partial charge in [0, 0.05) is 0 Å². The first-order valence-corrected chi connectivity index (χ1v) is 56.3.